The Morgan fingerprint density at radius 2 is 2.00 bits per heavy atom. The van der Waals surface area contributed by atoms with Gasteiger partial charge in [0.15, 0.2) is 11.5 Å². The molecule has 8 heteroatoms. The molecule has 0 spiro atoms. The van der Waals surface area contributed by atoms with Crippen molar-refractivity contribution in [2.24, 2.45) is 0 Å². The summed E-state index contributed by atoms with van der Waals surface area (Å²) in [5.74, 6) is 2.39. The van der Waals surface area contributed by atoms with Gasteiger partial charge in [-0.05, 0) is 18.2 Å². The summed E-state index contributed by atoms with van der Waals surface area (Å²) < 4.78 is 16.0. The second kappa shape index (κ2) is 12.2. The predicted octanol–water partition coefficient (Wildman–Crippen LogP) is 1.71. The molecule has 0 aromatic heterocycles. The van der Waals surface area contributed by atoms with Gasteiger partial charge in [-0.1, -0.05) is 0 Å². The summed E-state index contributed by atoms with van der Waals surface area (Å²) in [6, 6.07) is 5.88. The van der Waals surface area contributed by atoms with E-state index in [1.54, 1.807) is 18.9 Å². The first-order valence-corrected chi connectivity index (χ1v) is 8.77. The first-order valence-electron chi connectivity index (χ1n) is 7.78. The molecular weight excluding hydrogens is 352 g/mol. The molecule has 1 heterocycles. The molecule has 1 aromatic carbocycles. The van der Waals surface area contributed by atoms with Crippen LogP contribution in [0, 0.1) is 0 Å². The molecule has 6 nitrogen and oxygen atoms in total. The summed E-state index contributed by atoms with van der Waals surface area (Å²) in [5.41, 5.74) is 0. The Kier molecular flexibility index (Phi) is 10.7. The van der Waals surface area contributed by atoms with Crippen LogP contribution in [0.15, 0.2) is 23.1 Å². The van der Waals surface area contributed by atoms with Crippen LogP contribution < -0.4 is 20.1 Å². The van der Waals surface area contributed by atoms with Crippen molar-refractivity contribution in [1.82, 2.24) is 10.6 Å². The Balaban J connectivity index is 0.00000288. The summed E-state index contributed by atoms with van der Waals surface area (Å²) in [7, 11) is 1.67. The van der Waals surface area contributed by atoms with E-state index < -0.39 is 0 Å². The zero-order valence-corrected chi connectivity index (χ0v) is 15.5. The number of hydrogen-bond acceptors (Lipinski definition) is 6. The second-order valence-corrected chi connectivity index (χ2v) is 6.17. The highest BCUT2D eigenvalue weighted by Gasteiger charge is 2.12. The summed E-state index contributed by atoms with van der Waals surface area (Å²) in [5, 5.41) is 6.08. The highest BCUT2D eigenvalue weighted by molar-refractivity contribution is 7.99. The van der Waals surface area contributed by atoms with Gasteiger partial charge in [-0.2, -0.15) is 0 Å². The minimum Gasteiger partial charge on any atom is -0.486 e. The van der Waals surface area contributed by atoms with E-state index in [0.717, 1.165) is 35.2 Å². The van der Waals surface area contributed by atoms with Crippen LogP contribution in [0.5, 0.6) is 11.5 Å². The maximum Gasteiger partial charge on any atom is 0.220 e. The van der Waals surface area contributed by atoms with E-state index in [2.05, 4.69) is 10.6 Å². The fourth-order valence-electron chi connectivity index (χ4n) is 2.05. The molecule has 136 valence electrons. The lowest BCUT2D eigenvalue weighted by atomic mass is 10.3. The summed E-state index contributed by atoms with van der Waals surface area (Å²) in [6.45, 7) is 4.05. The molecule has 1 amide bonds. The number of carbonyl (C=O) groups excluding carboxylic acids is 1. The van der Waals surface area contributed by atoms with Crippen molar-refractivity contribution in [3.05, 3.63) is 18.2 Å². The van der Waals surface area contributed by atoms with Crippen molar-refractivity contribution in [2.75, 3.05) is 52.3 Å². The number of amides is 1. The van der Waals surface area contributed by atoms with E-state index in [1.165, 1.54) is 0 Å². The quantitative estimate of drug-likeness (QED) is 0.478. The van der Waals surface area contributed by atoms with Crippen LogP contribution in [-0.4, -0.2) is 58.2 Å². The number of thioether (sulfide) groups is 1. The van der Waals surface area contributed by atoms with Gasteiger partial charge in [0.1, 0.15) is 13.2 Å². The molecule has 2 N–H and O–H groups in total. The number of rotatable bonds is 10. The Bertz CT molecular complexity index is 505. The van der Waals surface area contributed by atoms with Crippen molar-refractivity contribution < 1.29 is 19.0 Å². The molecule has 0 unspecified atom stereocenters. The molecular formula is C16H25ClN2O4S. The minimum absolute atomic E-state index is 0. The van der Waals surface area contributed by atoms with Crippen LogP contribution in [0.25, 0.3) is 0 Å². The third-order valence-electron chi connectivity index (χ3n) is 3.22. The molecule has 0 atom stereocenters. The summed E-state index contributed by atoms with van der Waals surface area (Å²) in [4.78, 5) is 12.8. The average Bonchev–Trinajstić information content (AvgIpc) is 2.58. The van der Waals surface area contributed by atoms with Gasteiger partial charge in [0.2, 0.25) is 5.91 Å². The normalized spacial score (nSPS) is 12.4. The van der Waals surface area contributed by atoms with Gasteiger partial charge in [0.05, 0.1) is 6.61 Å². The maximum absolute atomic E-state index is 11.7. The Morgan fingerprint density at radius 1 is 1.21 bits per heavy atom. The zero-order valence-electron chi connectivity index (χ0n) is 13.8. The van der Waals surface area contributed by atoms with Crippen molar-refractivity contribution in [2.45, 2.75) is 11.3 Å². The SMILES string of the molecule is COCCNCCNC(=O)CCSc1ccc2c(c1)OCCO2.Cl. The van der Waals surface area contributed by atoms with Gasteiger partial charge >= 0.3 is 0 Å². The van der Waals surface area contributed by atoms with Crippen LogP contribution in [-0.2, 0) is 9.53 Å². The second-order valence-electron chi connectivity index (χ2n) is 5.00. The van der Waals surface area contributed by atoms with E-state index in [-0.39, 0.29) is 18.3 Å². The van der Waals surface area contributed by atoms with Crippen molar-refractivity contribution in [3.63, 3.8) is 0 Å². The van der Waals surface area contributed by atoms with Gasteiger partial charge in [-0.25, -0.2) is 0 Å². The van der Waals surface area contributed by atoms with Gasteiger partial charge < -0.3 is 24.8 Å². The van der Waals surface area contributed by atoms with Gasteiger partial charge in [0, 0.05) is 43.8 Å². The molecule has 1 aromatic rings. The number of carbonyl (C=O) groups is 1. The lowest BCUT2D eigenvalue weighted by Gasteiger charge is -2.18. The summed E-state index contributed by atoms with van der Waals surface area (Å²) >= 11 is 1.64. The van der Waals surface area contributed by atoms with Crippen molar-refractivity contribution in [1.29, 1.82) is 0 Å². The van der Waals surface area contributed by atoms with Crippen LogP contribution in [0.2, 0.25) is 0 Å². The van der Waals surface area contributed by atoms with Crippen LogP contribution >= 0.6 is 24.2 Å². The number of benzene rings is 1. The number of nitrogens with one attached hydrogen (secondary N) is 2. The molecule has 0 radical (unpaired) electrons. The molecule has 0 bridgehead atoms. The molecule has 0 saturated heterocycles. The van der Waals surface area contributed by atoms with E-state index in [4.69, 9.17) is 14.2 Å². The zero-order chi connectivity index (χ0) is 16.3. The molecule has 1 aliphatic heterocycles. The highest BCUT2D eigenvalue weighted by Crippen LogP contribution is 2.34. The van der Waals surface area contributed by atoms with Gasteiger partial charge in [-0.15, -0.1) is 24.2 Å². The largest absolute Gasteiger partial charge is 0.486 e. The number of ether oxygens (including phenoxy) is 3. The third kappa shape index (κ3) is 7.61. The number of hydrogen-bond donors (Lipinski definition) is 2. The minimum atomic E-state index is 0. The highest BCUT2D eigenvalue weighted by atomic mass is 35.5. The molecule has 0 saturated carbocycles. The average molecular weight is 377 g/mol. The van der Waals surface area contributed by atoms with E-state index in [0.29, 0.717) is 32.8 Å². The molecule has 1 aliphatic rings. The third-order valence-corrected chi connectivity index (χ3v) is 4.21. The topological polar surface area (TPSA) is 68.8 Å². The Morgan fingerprint density at radius 3 is 2.79 bits per heavy atom. The first-order chi connectivity index (χ1) is 11.3. The maximum atomic E-state index is 11.7. The van der Waals surface area contributed by atoms with Crippen molar-refractivity contribution in [3.8, 4) is 11.5 Å². The monoisotopic (exact) mass is 376 g/mol. The predicted molar refractivity (Wildman–Crippen MR) is 97.8 cm³/mol. The van der Waals surface area contributed by atoms with Gasteiger partial charge in [-0.3, -0.25) is 4.79 Å². The molecule has 0 fully saturated rings. The molecule has 0 aliphatic carbocycles. The number of halogens is 1. The Labute approximate surface area is 153 Å². The van der Waals surface area contributed by atoms with Crippen LogP contribution in [0.1, 0.15) is 6.42 Å². The van der Waals surface area contributed by atoms with Crippen LogP contribution in [0.4, 0.5) is 0 Å². The lowest BCUT2D eigenvalue weighted by Crippen LogP contribution is -2.33. The molecule has 2 rings (SSSR count). The van der Waals surface area contributed by atoms with Gasteiger partial charge in [0.25, 0.3) is 0 Å². The lowest BCUT2D eigenvalue weighted by molar-refractivity contribution is -0.120. The summed E-state index contributed by atoms with van der Waals surface area (Å²) in [6.07, 6.45) is 0.497. The van der Waals surface area contributed by atoms with Crippen LogP contribution in [0.3, 0.4) is 0 Å². The fourth-order valence-corrected chi connectivity index (χ4v) is 2.93. The number of fused-ring (bicyclic) bond motifs is 1. The number of methoxy groups -OCH3 is 1. The molecule has 24 heavy (non-hydrogen) atoms. The van der Waals surface area contributed by atoms with E-state index in [9.17, 15) is 4.79 Å². The Hall–Kier alpha value is -1.15. The smallest absolute Gasteiger partial charge is 0.220 e. The fraction of sp³-hybridized carbons (Fsp3) is 0.562. The first kappa shape index (κ1) is 20.9. The van der Waals surface area contributed by atoms with Crippen molar-refractivity contribution >= 4 is 30.1 Å². The van der Waals surface area contributed by atoms with E-state index >= 15 is 0 Å². The van der Waals surface area contributed by atoms with E-state index in [1.807, 2.05) is 18.2 Å². The standard InChI is InChI=1S/C16H24N2O4S.ClH/c1-20-8-7-17-5-6-18-16(19)4-11-23-13-2-3-14-15(12-13)22-10-9-21-14;/h2-3,12,17H,4-11H2,1H3,(H,18,19);1H.